The Kier molecular flexibility index (Phi) is 3.54. The Morgan fingerprint density at radius 2 is 2.33 bits per heavy atom. The summed E-state index contributed by atoms with van der Waals surface area (Å²) in [4.78, 5) is 5.13. The zero-order valence-electron chi connectivity index (χ0n) is 9.69. The Hall–Kier alpha value is -1.04. The van der Waals surface area contributed by atoms with Crippen LogP contribution in [0.2, 0.25) is 5.02 Å². The van der Waals surface area contributed by atoms with E-state index in [1.807, 2.05) is 6.07 Å². The maximum absolute atomic E-state index is 6.27. The fraction of sp³-hybridized carbons (Fsp3) is 0.333. The molecule has 1 saturated carbocycles. The van der Waals surface area contributed by atoms with Gasteiger partial charge in [-0.2, -0.15) is 5.10 Å². The molecule has 0 aliphatic heterocycles. The van der Waals surface area contributed by atoms with Crippen molar-refractivity contribution in [1.82, 2.24) is 20.5 Å². The largest absolute Gasteiger partial charge is 0.310 e. The number of hydrogen-bond donors (Lipinski definition) is 2. The van der Waals surface area contributed by atoms with Crippen LogP contribution >= 0.6 is 23.4 Å². The summed E-state index contributed by atoms with van der Waals surface area (Å²) in [7, 11) is 0. The molecule has 0 saturated heterocycles. The summed E-state index contributed by atoms with van der Waals surface area (Å²) in [5.41, 5.74) is 1.14. The molecule has 2 N–H and O–H groups in total. The number of benzene rings is 1. The molecule has 1 heterocycles. The third-order valence-electron chi connectivity index (χ3n) is 2.79. The molecule has 6 heteroatoms. The molecule has 0 bridgehead atoms. The van der Waals surface area contributed by atoms with Crippen molar-refractivity contribution >= 4 is 23.4 Å². The van der Waals surface area contributed by atoms with E-state index >= 15 is 0 Å². The lowest BCUT2D eigenvalue weighted by Gasteiger charge is -2.07. The highest BCUT2D eigenvalue weighted by molar-refractivity contribution is 7.99. The lowest BCUT2D eigenvalue weighted by Crippen LogP contribution is -2.15. The second kappa shape index (κ2) is 5.30. The number of halogens is 1. The van der Waals surface area contributed by atoms with Gasteiger partial charge in [0.2, 0.25) is 0 Å². The minimum absolute atomic E-state index is 0.698. The average molecular weight is 281 g/mol. The minimum Gasteiger partial charge on any atom is -0.310 e. The molecule has 4 nitrogen and oxygen atoms in total. The number of aromatic amines is 1. The summed E-state index contributed by atoms with van der Waals surface area (Å²) in [6, 6.07) is 6.79. The SMILES string of the molecule is Clc1cc(Sc2ncn[nH]2)ccc1CNC1CC1. The molecule has 0 spiro atoms. The first-order chi connectivity index (χ1) is 8.81. The van der Waals surface area contributed by atoms with Gasteiger partial charge >= 0.3 is 0 Å². The van der Waals surface area contributed by atoms with Crippen LogP contribution in [0.1, 0.15) is 18.4 Å². The van der Waals surface area contributed by atoms with Gasteiger partial charge in [-0.1, -0.05) is 29.4 Å². The van der Waals surface area contributed by atoms with Gasteiger partial charge in [-0.25, -0.2) is 4.98 Å². The van der Waals surface area contributed by atoms with Crippen LogP contribution in [0.3, 0.4) is 0 Å². The standard InChI is InChI=1S/C12H13ClN4S/c13-11-5-10(18-12-15-7-16-17-12)4-1-8(11)6-14-9-2-3-9/h1,4-5,7,9,14H,2-3,6H2,(H,15,16,17). The van der Waals surface area contributed by atoms with E-state index in [1.54, 1.807) is 0 Å². The van der Waals surface area contributed by atoms with Crippen LogP contribution < -0.4 is 5.32 Å². The van der Waals surface area contributed by atoms with E-state index in [0.29, 0.717) is 6.04 Å². The van der Waals surface area contributed by atoms with Gasteiger partial charge in [-0.15, -0.1) is 0 Å². The molecule has 18 heavy (non-hydrogen) atoms. The van der Waals surface area contributed by atoms with Crippen LogP contribution in [0.4, 0.5) is 0 Å². The maximum Gasteiger partial charge on any atom is 0.188 e. The first kappa shape index (κ1) is 12.0. The van der Waals surface area contributed by atoms with E-state index in [0.717, 1.165) is 27.2 Å². The molecule has 0 atom stereocenters. The van der Waals surface area contributed by atoms with Gasteiger partial charge < -0.3 is 5.32 Å². The molecule has 0 unspecified atom stereocenters. The zero-order chi connectivity index (χ0) is 12.4. The van der Waals surface area contributed by atoms with Crippen LogP contribution in [0.25, 0.3) is 0 Å². The third-order valence-corrected chi connectivity index (χ3v) is 4.02. The van der Waals surface area contributed by atoms with Crippen LogP contribution in [-0.4, -0.2) is 21.2 Å². The Balaban J connectivity index is 1.67. The number of nitrogens with one attached hydrogen (secondary N) is 2. The van der Waals surface area contributed by atoms with E-state index < -0.39 is 0 Å². The molecule has 1 aliphatic rings. The molecular formula is C12H13ClN4S. The van der Waals surface area contributed by atoms with E-state index in [-0.39, 0.29) is 0 Å². The first-order valence-corrected chi connectivity index (χ1v) is 7.06. The van der Waals surface area contributed by atoms with E-state index in [2.05, 4.69) is 32.6 Å². The quantitative estimate of drug-likeness (QED) is 0.884. The van der Waals surface area contributed by atoms with Crippen molar-refractivity contribution in [2.24, 2.45) is 0 Å². The van der Waals surface area contributed by atoms with Crippen LogP contribution in [0.5, 0.6) is 0 Å². The predicted octanol–water partition coefficient (Wildman–Crippen LogP) is 2.86. The Morgan fingerprint density at radius 1 is 1.44 bits per heavy atom. The van der Waals surface area contributed by atoms with Gasteiger partial charge in [0.1, 0.15) is 6.33 Å². The molecule has 1 aromatic carbocycles. The lowest BCUT2D eigenvalue weighted by molar-refractivity contribution is 0.687. The summed E-state index contributed by atoms with van der Waals surface area (Å²) < 4.78 is 0. The molecule has 94 valence electrons. The molecule has 1 aromatic heterocycles. The van der Waals surface area contributed by atoms with Gasteiger partial charge in [0.15, 0.2) is 5.16 Å². The second-order valence-electron chi connectivity index (χ2n) is 4.30. The Morgan fingerprint density at radius 3 is 3.00 bits per heavy atom. The summed E-state index contributed by atoms with van der Waals surface area (Å²) in [6.07, 6.45) is 4.08. The summed E-state index contributed by atoms with van der Waals surface area (Å²) in [5.74, 6) is 0. The van der Waals surface area contributed by atoms with Crippen molar-refractivity contribution < 1.29 is 0 Å². The van der Waals surface area contributed by atoms with Gasteiger partial charge in [-0.05, 0) is 30.5 Å². The maximum atomic E-state index is 6.27. The van der Waals surface area contributed by atoms with Gasteiger partial charge in [0.25, 0.3) is 0 Å². The van der Waals surface area contributed by atoms with Crippen molar-refractivity contribution in [3.05, 3.63) is 35.1 Å². The molecule has 2 aromatic rings. The van der Waals surface area contributed by atoms with Crippen molar-refractivity contribution in [3.8, 4) is 0 Å². The first-order valence-electron chi connectivity index (χ1n) is 5.86. The van der Waals surface area contributed by atoms with Crippen molar-refractivity contribution in [1.29, 1.82) is 0 Å². The fourth-order valence-corrected chi connectivity index (χ4v) is 2.68. The Labute approximate surface area is 115 Å². The molecule has 3 rings (SSSR count). The lowest BCUT2D eigenvalue weighted by atomic mass is 10.2. The average Bonchev–Trinajstić information content (AvgIpc) is 3.05. The second-order valence-corrected chi connectivity index (χ2v) is 5.77. The van der Waals surface area contributed by atoms with Crippen molar-refractivity contribution in [2.45, 2.75) is 35.5 Å². The van der Waals surface area contributed by atoms with Crippen LogP contribution in [0, 0.1) is 0 Å². The van der Waals surface area contributed by atoms with Crippen LogP contribution in [0.15, 0.2) is 34.6 Å². The molecule has 0 amide bonds. The highest BCUT2D eigenvalue weighted by Gasteiger charge is 2.20. The summed E-state index contributed by atoms with van der Waals surface area (Å²) in [5, 5.41) is 11.7. The third kappa shape index (κ3) is 3.04. The van der Waals surface area contributed by atoms with Gasteiger partial charge in [0.05, 0.1) is 0 Å². The summed E-state index contributed by atoms with van der Waals surface area (Å²) in [6.45, 7) is 0.844. The summed E-state index contributed by atoms with van der Waals surface area (Å²) >= 11 is 7.79. The van der Waals surface area contributed by atoms with Crippen LogP contribution in [-0.2, 0) is 6.54 Å². The number of nitrogens with zero attached hydrogens (tertiary/aromatic N) is 2. The van der Waals surface area contributed by atoms with Crippen molar-refractivity contribution in [3.63, 3.8) is 0 Å². The van der Waals surface area contributed by atoms with Gasteiger partial charge in [0, 0.05) is 22.5 Å². The van der Waals surface area contributed by atoms with Crippen molar-refractivity contribution in [2.75, 3.05) is 0 Å². The number of aromatic nitrogens is 3. The van der Waals surface area contributed by atoms with Gasteiger partial charge in [-0.3, -0.25) is 5.10 Å². The zero-order valence-corrected chi connectivity index (χ0v) is 11.3. The highest BCUT2D eigenvalue weighted by atomic mass is 35.5. The topological polar surface area (TPSA) is 53.6 Å². The molecular weight excluding hydrogens is 268 g/mol. The predicted molar refractivity (Wildman–Crippen MR) is 71.8 cm³/mol. The molecule has 0 radical (unpaired) electrons. The number of hydrogen-bond acceptors (Lipinski definition) is 4. The number of rotatable bonds is 5. The smallest absolute Gasteiger partial charge is 0.188 e. The van der Waals surface area contributed by atoms with E-state index in [1.165, 1.54) is 30.9 Å². The van der Waals surface area contributed by atoms with E-state index in [4.69, 9.17) is 11.6 Å². The minimum atomic E-state index is 0.698. The van der Waals surface area contributed by atoms with E-state index in [9.17, 15) is 0 Å². The molecule has 1 fully saturated rings. The highest BCUT2D eigenvalue weighted by Crippen LogP contribution is 2.29. The fourth-order valence-electron chi connectivity index (χ4n) is 1.63. The normalized spacial score (nSPS) is 14.9. The number of H-pyrrole nitrogens is 1. The Bertz CT molecular complexity index is 525. The monoisotopic (exact) mass is 280 g/mol. The molecule has 1 aliphatic carbocycles.